The van der Waals surface area contributed by atoms with Gasteiger partial charge in [0.15, 0.2) is 0 Å². The van der Waals surface area contributed by atoms with Gasteiger partial charge in [0.2, 0.25) is 0 Å². The number of hydrogen-bond acceptors (Lipinski definition) is 2. The summed E-state index contributed by atoms with van der Waals surface area (Å²) in [5.41, 5.74) is 1.44. The lowest BCUT2D eigenvalue weighted by molar-refractivity contribution is -0.0495. The first-order chi connectivity index (χ1) is 7.50. The molecule has 0 N–H and O–H groups in total. The van der Waals surface area contributed by atoms with Crippen molar-refractivity contribution < 1.29 is 9.47 Å². The largest absolute Gasteiger partial charge is 0.495 e. The Morgan fingerprint density at radius 2 is 1.88 bits per heavy atom. The van der Waals surface area contributed by atoms with E-state index in [1.807, 2.05) is 19.1 Å². The van der Waals surface area contributed by atoms with Crippen molar-refractivity contribution in [3.05, 3.63) is 40.4 Å². The van der Waals surface area contributed by atoms with E-state index in [-0.39, 0.29) is 5.60 Å². The van der Waals surface area contributed by atoms with Crippen molar-refractivity contribution >= 4 is 11.6 Å². The van der Waals surface area contributed by atoms with Crippen LogP contribution in [0.25, 0.3) is 0 Å². The number of methoxy groups -OCH3 is 1. The molecule has 1 aromatic carbocycles. The average molecular weight is 237 g/mol. The smallest absolute Gasteiger partial charge is 0.137 e. The molecule has 2 atom stereocenters. The van der Waals surface area contributed by atoms with Crippen LogP contribution in [0, 0.1) is 0 Å². The number of rotatable bonds is 1. The molecule has 0 saturated heterocycles. The molecule has 2 nitrogen and oxygen atoms in total. The maximum Gasteiger partial charge on any atom is 0.137 e. The van der Waals surface area contributed by atoms with Crippen molar-refractivity contribution in [2.75, 3.05) is 7.11 Å². The molecule has 3 rings (SSSR count). The molecule has 2 bridgehead atoms. The van der Waals surface area contributed by atoms with Crippen molar-refractivity contribution in [2.24, 2.45) is 0 Å². The maximum atomic E-state index is 6.36. The molecule has 84 valence electrons. The van der Waals surface area contributed by atoms with Crippen LogP contribution in [0.3, 0.4) is 0 Å². The molecule has 2 aliphatic rings. The lowest BCUT2D eigenvalue weighted by Crippen LogP contribution is -2.17. The van der Waals surface area contributed by atoms with E-state index in [1.54, 1.807) is 7.11 Å². The molecule has 0 fully saturated rings. The van der Waals surface area contributed by atoms with Gasteiger partial charge in [-0.2, -0.15) is 0 Å². The summed E-state index contributed by atoms with van der Waals surface area (Å²) < 4.78 is 11.3. The van der Waals surface area contributed by atoms with Crippen molar-refractivity contribution in [1.82, 2.24) is 0 Å². The van der Waals surface area contributed by atoms with Gasteiger partial charge in [0, 0.05) is 5.56 Å². The van der Waals surface area contributed by atoms with E-state index >= 15 is 0 Å². The standard InChI is InChI=1S/C13H13ClO2/c1-12-6-7-13(2,16-12)10-8(12)4-5-9(15-3)11(10)14/h4-7H,1-3H3/t12-,13+/m0/s1. The molecule has 0 aromatic heterocycles. The summed E-state index contributed by atoms with van der Waals surface area (Å²) in [5.74, 6) is 0.704. The van der Waals surface area contributed by atoms with Crippen molar-refractivity contribution in [3.8, 4) is 5.75 Å². The second kappa shape index (κ2) is 2.82. The van der Waals surface area contributed by atoms with Crippen molar-refractivity contribution in [1.29, 1.82) is 0 Å². The summed E-state index contributed by atoms with van der Waals surface area (Å²) in [6.45, 7) is 4.09. The van der Waals surface area contributed by atoms with E-state index in [1.165, 1.54) is 0 Å². The van der Waals surface area contributed by atoms with Crippen LogP contribution < -0.4 is 4.74 Å². The van der Waals surface area contributed by atoms with Crippen LogP contribution in [0.2, 0.25) is 5.02 Å². The highest BCUT2D eigenvalue weighted by Crippen LogP contribution is 2.56. The van der Waals surface area contributed by atoms with E-state index in [9.17, 15) is 0 Å². The van der Waals surface area contributed by atoms with Crippen LogP contribution in [0.5, 0.6) is 5.75 Å². The van der Waals surface area contributed by atoms with Crippen LogP contribution in [-0.2, 0) is 15.9 Å². The summed E-state index contributed by atoms with van der Waals surface area (Å²) in [6.07, 6.45) is 4.17. The van der Waals surface area contributed by atoms with Crippen LogP contribution in [-0.4, -0.2) is 7.11 Å². The van der Waals surface area contributed by atoms with Crippen LogP contribution in [0.15, 0.2) is 24.3 Å². The fourth-order valence-electron chi connectivity index (χ4n) is 2.72. The zero-order valence-electron chi connectivity index (χ0n) is 9.50. The van der Waals surface area contributed by atoms with Crippen LogP contribution >= 0.6 is 11.6 Å². The Balaban J connectivity index is 2.32. The third-order valence-electron chi connectivity index (χ3n) is 3.50. The first-order valence-electron chi connectivity index (χ1n) is 5.28. The Bertz CT molecular complexity index is 509. The SMILES string of the molecule is COc1ccc2c(c1Cl)[C@@]1(C)C=C[C@]2(C)O1. The molecule has 0 spiro atoms. The fraction of sp³-hybridized carbons (Fsp3) is 0.385. The molecule has 0 amide bonds. The lowest BCUT2D eigenvalue weighted by atomic mass is 9.83. The normalized spacial score (nSPS) is 34.2. The van der Waals surface area contributed by atoms with E-state index in [4.69, 9.17) is 21.1 Å². The molecule has 0 saturated carbocycles. The minimum absolute atomic E-state index is 0.333. The van der Waals surface area contributed by atoms with Gasteiger partial charge in [-0.15, -0.1) is 0 Å². The Morgan fingerprint density at radius 1 is 1.19 bits per heavy atom. The Morgan fingerprint density at radius 3 is 2.56 bits per heavy atom. The van der Waals surface area contributed by atoms with Gasteiger partial charge < -0.3 is 9.47 Å². The fourth-order valence-corrected chi connectivity index (χ4v) is 3.15. The molecule has 16 heavy (non-hydrogen) atoms. The summed E-state index contributed by atoms with van der Waals surface area (Å²) in [4.78, 5) is 0. The molecule has 2 heterocycles. The quantitative estimate of drug-likeness (QED) is 0.696. The highest BCUT2D eigenvalue weighted by molar-refractivity contribution is 6.33. The Kier molecular flexibility index (Phi) is 1.79. The zero-order valence-corrected chi connectivity index (χ0v) is 10.3. The number of hydrogen-bond donors (Lipinski definition) is 0. The van der Waals surface area contributed by atoms with Gasteiger partial charge in [-0.3, -0.25) is 0 Å². The van der Waals surface area contributed by atoms with E-state index in [2.05, 4.69) is 19.1 Å². The van der Waals surface area contributed by atoms with E-state index in [0.717, 1.165) is 11.1 Å². The third-order valence-corrected chi connectivity index (χ3v) is 3.88. The topological polar surface area (TPSA) is 18.5 Å². The van der Waals surface area contributed by atoms with Crippen molar-refractivity contribution in [2.45, 2.75) is 25.0 Å². The second-order valence-electron chi connectivity index (χ2n) is 4.65. The molecule has 2 aliphatic heterocycles. The van der Waals surface area contributed by atoms with Gasteiger partial charge in [-0.25, -0.2) is 0 Å². The zero-order chi connectivity index (χ0) is 11.6. The molecule has 0 unspecified atom stereocenters. The molecular weight excluding hydrogens is 224 g/mol. The summed E-state index contributed by atoms with van der Waals surface area (Å²) in [7, 11) is 1.63. The van der Waals surface area contributed by atoms with Crippen LogP contribution in [0.4, 0.5) is 0 Å². The van der Waals surface area contributed by atoms with Gasteiger partial charge in [0.05, 0.1) is 12.1 Å². The first kappa shape index (κ1) is 10.2. The molecule has 1 aromatic rings. The summed E-state index contributed by atoms with van der Waals surface area (Å²) >= 11 is 6.36. The van der Waals surface area contributed by atoms with E-state index in [0.29, 0.717) is 10.8 Å². The Hall–Kier alpha value is -0.990. The Labute approximate surface area is 99.8 Å². The van der Waals surface area contributed by atoms with Crippen molar-refractivity contribution in [3.63, 3.8) is 0 Å². The predicted octanol–water partition coefficient (Wildman–Crippen LogP) is 3.38. The van der Waals surface area contributed by atoms with Gasteiger partial charge in [0.25, 0.3) is 0 Å². The highest BCUT2D eigenvalue weighted by Gasteiger charge is 2.52. The lowest BCUT2D eigenvalue weighted by Gasteiger charge is -2.20. The van der Waals surface area contributed by atoms with Gasteiger partial charge in [-0.05, 0) is 37.6 Å². The summed E-state index contributed by atoms with van der Waals surface area (Å²) in [5, 5.41) is 0.663. The van der Waals surface area contributed by atoms with E-state index < -0.39 is 5.60 Å². The molecule has 3 heteroatoms. The molecular formula is C13H13ClO2. The van der Waals surface area contributed by atoms with Gasteiger partial charge in [0.1, 0.15) is 17.0 Å². The first-order valence-corrected chi connectivity index (χ1v) is 5.66. The number of fused-ring (bicyclic) bond motifs is 5. The molecule has 0 radical (unpaired) electrons. The molecule has 0 aliphatic carbocycles. The number of halogens is 1. The monoisotopic (exact) mass is 236 g/mol. The minimum Gasteiger partial charge on any atom is -0.495 e. The number of benzene rings is 1. The average Bonchev–Trinajstić information content (AvgIpc) is 2.66. The second-order valence-corrected chi connectivity index (χ2v) is 5.03. The van der Waals surface area contributed by atoms with Gasteiger partial charge in [-0.1, -0.05) is 17.7 Å². The number of ether oxygens (including phenoxy) is 2. The third kappa shape index (κ3) is 1.01. The summed E-state index contributed by atoms with van der Waals surface area (Å²) in [6, 6.07) is 3.93. The maximum absolute atomic E-state index is 6.36. The van der Waals surface area contributed by atoms with Gasteiger partial charge >= 0.3 is 0 Å². The minimum atomic E-state index is -0.407. The predicted molar refractivity (Wildman–Crippen MR) is 62.9 cm³/mol. The highest BCUT2D eigenvalue weighted by atomic mass is 35.5. The van der Waals surface area contributed by atoms with Crippen LogP contribution in [0.1, 0.15) is 25.0 Å².